The summed E-state index contributed by atoms with van der Waals surface area (Å²) in [6.07, 6.45) is 14.2. The summed E-state index contributed by atoms with van der Waals surface area (Å²) in [5.74, 6) is 0.759. The molecule has 5 rings (SSSR count). The van der Waals surface area contributed by atoms with Crippen LogP contribution in [0, 0.1) is 5.92 Å². The molecular weight excluding hydrogens is 338 g/mol. The van der Waals surface area contributed by atoms with E-state index < -0.39 is 0 Å². The van der Waals surface area contributed by atoms with Crippen molar-refractivity contribution in [2.24, 2.45) is 5.92 Å². The van der Waals surface area contributed by atoms with Crippen LogP contribution in [0.15, 0.2) is 36.9 Å². The standard InChI is InChI=1S/C21H27N5O/c1-2-10-27-21(3-1)26-15-18(12-24-26)19-11-17-6-9-25(20(17)13-23-19)14-16-4-7-22-8-5-16/h6,9,11-13,15-16,21-22H,1-5,7-8,10,14H2. The van der Waals surface area contributed by atoms with Crippen molar-refractivity contribution in [3.8, 4) is 11.3 Å². The molecule has 3 aromatic rings. The van der Waals surface area contributed by atoms with Crippen molar-refractivity contribution in [2.45, 2.75) is 44.9 Å². The fourth-order valence-corrected chi connectivity index (χ4v) is 4.31. The van der Waals surface area contributed by atoms with Gasteiger partial charge in [-0.05, 0) is 63.2 Å². The zero-order valence-electron chi connectivity index (χ0n) is 15.7. The van der Waals surface area contributed by atoms with Gasteiger partial charge in [0.15, 0.2) is 0 Å². The number of hydrogen-bond donors (Lipinski definition) is 1. The Kier molecular flexibility index (Phi) is 4.67. The van der Waals surface area contributed by atoms with E-state index in [2.05, 4.69) is 39.5 Å². The molecule has 5 heterocycles. The fourth-order valence-electron chi connectivity index (χ4n) is 4.31. The van der Waals surface area contributed by atoms with Gasteiger partial charge in [-0.25, -0.2) is 4.68 Å². The molecule has 0 amide bonds. The third-order valence-corrected chi connectivity index (χ3v) is 5.92. The molecule has 1 unspecified atom stereocenters. The average Bonchev–Trinajstić information content (AvgIpc) is 3.37. The highest BCUT2D eigenvalue weighted by Crippen LogP contribution is 2.27. The molecule has 2 fully saturated rings. The van der Waals surface area contributed by atoms with E-state index in [1.54, 1.807) is 0 Å². The predicted molar refractivity (Wildman–Crippen MR) is 105 cm³/mol. The van der Waals surface area contributed by atoms with Crippen LogP contribution in [0.2, 0.25) is 0 Å². The molecule has 3 aromatic heterocycles. The highest BCUT2D eigenvalue weighted by atomic mass is 16.5. The largest absolute Gasteiger partial charge is 0.357 e. The second-order valence-corrected chi connectivity index (χ2v) is 7.82. The van der Waals surface area contributed by atoms with Crippen LogP contribution in [0.5, 0.6) is 0 Å². The van der Waals surface area contributed by atoms with E-state index in [0.29, 0.717) is 0 Å². The van der Waals surface area contributed by atoms with Crippen molar-refractivity contribution in [3.05, 3.63) is 36.9 Å². The molecule has 2 saturated heterocycles. The summed E-state index contributed by atoms with van der Waals surface area (Å²) in [6.45, 7) is 4.19. The third-order valence-electron chi connectivity index (χ3n) is 5.92. The summed E-state index contributed by atoms with van der Waals surface area (Å²) in [6, 6.07) is 4.38. The van der Waals surface area contributed by atoms with Gasteiger partial charge in [0.1, 0.15) is 6.23 Å². The number of ether oxygens (including phenoxy) is 1. The maximum Gasteiger partial charge on any atom is 0.150 e. The van der Waals surface area contributed by atoms with Gasteiger partial charge >= 0.3 is 0 Å². The van der Waals surface area contributed by atoms with Gasteiger partial charge in [0.05, 0.1) is 23.6 Å². The Bertz CT molecular complexity index is 902. The number of fused-ring (bicyclic) bond motifs is 1. The first-order valence-corrected chi connectivity index (χ1v) is 10.2. The average molecular weight is 365 g/mol. The normalized spacial score (nSPS) is 21.7. The highest BCUT2D eigenvalue weighted by Gasteiger charge is 2.18. The van der Waals surface area contributed by atoms with Crippen molar-refractivity contribution >= 4 is 10.9 Å². The van der Waals surface area contributed by atoms with Crippen LogP contribution >= 0.6 is 0 Å². The molecule has 0 bridgehead atoms. The number of nitrogens with zero attached hydrogens (tertiary/aromatic N) is 4. The van der Waals surface area contributed by atoms with Gasteiger partial charge < -0.3 is 14.6 Å². The second kappa shape index (κ2) is 7.44. The maximum atomic E-state index is 5.83. The molecule has 1 atom stereocenters. The smallest absolute Gasteiger partial charge is 0.150 e. The number of piperidine rings is 1. The zero-order valence-corrected chi connectivity index (χ0v) is 15.7. The SMILES string of the molecule is c1nn(C2CCCCO2)cc1-c1cc2ccn(CC3CCNCC3)c2cn1. The lowest BCUT2D eigenvalue weighted by Crippen LogP contribution is -2.29. The molecular formula is C21H27N5O. The van der Waals surface area contributed by atoms with Crippen molar-refractivity contribution in [2.75, 3.05) is 19.7 Å². The van der Waals surface area contributed by atoms with Crippen LogP contribution < -0.4 is 5.32 Å². The van der Waals surface area contributed by atoms with Gasteiger partial charge in [-0.1, -0.05) is 0 Å². The summed E-state index contributed by atoms with van der Waals surface area (Å²) in [5, 5.41) is 9.21. The van der Waals surface area contributed by atoms with Gasteiger partial charge in [-0.3, -0.25) is 4.98 Å². The Morgan fingerprint density at radius 3 is 2.93 bits per heavy atom. The summed E-state index contributed by atoms with van der Waals surface area (Å²) >= 11 is 0. The van der Waals surface area contributed by atoms with Gasteiger partial charge in [-0.2, -0.15) is 5.10 Å². The van der Waals surface area contributed by atoms with E-state index in [1.165, 1.54) is 30.2 Å². The number of pyridine rings is 1. The van der Waals surface area contributed by atoms with Crippen LogP contribution in [0.4, 0.5) is 0 Å². The number of hydrogen-bond acceptors (Lipinski definition) is 4. The summed E-state index contributed by atoms with van der Waals surface area (Å²) in [7, 11) is 0. The van der Waals surface area contributed by atoms with E-state index >= 15 is 0 Å². The van der Waals surface area contributed by atoms with Crippen molar-refractivity contribution in [1.29, 1.82) is 0 Å². The molecule has 6 heteroatoms. The molecule has 0 aromatic carbocycles. The van der Waals surface area contributed by atoms with Crippen LogP contribution in [0.25, 0.3) is 22.2 Å². The Morgan fingerprint density at radius 1 is 1.15 bits per heavy atom. The van der Waals surface area contributed by atoms with Crippen molar-refractivity contribution in [1.82, 2.24) is 24.6 Å². The molecule has 2 aliphatic rings. The van der Waals surface area contributed by atoms with Gasteiger partial charge in [0, 0.05) is 36.5 Å². The molecule has 6 nitrogen and oxygen atoms in total. The Balaban J connectivity index is 1.36. The Hall–Kier alpha value is -2.18. The minimum Gasteiger partial charge on any atom is -0.357 e. The van der Waals surface area contributed by atoms with Gasteiger partial charge in [0.2, 0.25) is 0 Å². The molecule has 27 heavy (non-hydrogen) atoms. The molecule has 142 valence electrons. The zero-order chi connectivity index (χ0) is 18.1. The second-order valence-electron chi connectivity index (χ2n) is 7.82. The molecule has 2 aliphatic heterocycles. The van der Waals surface area contributed by atoms with Gasteiger partial charge in [0.25, 0.3) is 0 Å². The van der Waals surface area contributed by atoms with E-state index in [4.69, 9.17) is 9.72 Å². The van der Waals surface area contributed by atoms with E-state index in [0.717, 1.165) is 56.3 Å². The quantitative estimate of drug-likeness (QED) is 0.767. The topological polar surface area (TPSA) is 56.9 Å². The van der Waals surface area contributed by atoms with E-state index in [-0.39, 0.29) is 6.23 Å². The first kappa shape index (κ1) is 17.0. The van der Waals surface area contributed by atoms with Crippen LogP contribution in [-0.4, -0.2) is 39.0 Å². The first-order chi connectivity index (χ1) is 13.4. The highest BCUT2D eigenvalue weighted by molar-refractivity contribution is 5.83. The molecule has 0 saturated carbocycles. The monoisotopic (exact) mass is 365 g/mol. The lowest BCUT2D eigenvalue weighted by atomic mass is 9.98. The molecule has 0 radical (unpaired) electrons. The summed E-state index contributed by atoms with van der Waals surface area (Å²) in [4.78, 5) is 4.73. The predicted octanol–water partition coefficient (Wildman–Crippen LogP) is 3.60. The van der Waals surface area contributed by atoms with Crippen LogP contribution in [-0.2, 0) is 11.3 Å². The van der Waals surface area contributed by atoms with E-state index in [1.807, 2.05) is 17.1 Å². The third kappa shape index (κ3) is 3.51. The fraction of sp³-hybridized carbons (Fsp3) is 0.524. The van der Waals surface area contributed by atoms with Crippen LogP contribution in [0.3, 0.4) is 0 Å². The minimum absolute atomic E-state index is 0.0716. The van der Waals surface area contributed by atoms with Crippen LogP contribution in [0.1, 0.15) is 38.3 Å². The molecule has 1 N–H and O–H groups in total. The Labute approximate surface area is 159 Å². The maximum absolute atomic E-state index is 5.83. The minimum atomic E-state index is 0.0716. The van der Waals surface area contributed by atoms with Gasteiger partial charge in [-0.15, -0.1) is 0 Å². The summed E-state index contributed by atoms with van der Waals surface area (Å²) in [5.41, 5.74) is 3.25. The molecule has 0 aliphatic carbocycles. The summed E-state index contributed by atoms with van der Waals surface area (Å²) < 4.78 is 10.1. The number of aromatic nitrogens is 4. The van der Waals surface area contributed by atoms with Crippen molar-refractivity contribution < 1.29 is 4.74 Å². The number of nitrogens with one attached hydrogen (secondary N) is 1. The lowest BCUT2D eigenvalue weighted by Gasteiger charge is -2.23. The lowest BCUT2D eigenvalue weighted by molar-refractivity contribution is -0.0394. The molecule has 0 spiro atoms. The van der Waals surface area contributed by atoms with E-state index in [9.17, 15) is 0 Å². The Morgan fingerprint density at radius 2 is 2.07 bits per heavy atom. The number of rotatable bonds is 4. The first-order valence-electron chi connectivity index (χ1n) is 10.2. The van der Waals surface area contributed by atoms with Crippen molar-refractivity contribution in [3.63, 3.8) is 0 Å².